The van der Waals surface area contributed by atoms with E-state index >= 15 is 0 Å². The Bertz CT molecular complexity index is 1010. The Morgan fingerprint density at radius 3 is 2.39 bits per heavy atom. The Hall–Kier alpha value is -2.61. The van der Waals surface area contributed by atoms with Gasteiger partial charge in [-0.05, 0) is 66.0 Å². The van der Waals surface area contributed by atoms with Gasteiger partial charge in [-0.3, -0.25) is 4.79 Å². The van der Waals surface area contributed by atoms with E-state index in [9.17, 15) is 4.79 Å². The van der Waals surface area contributed by atoms with Gasteiger partial charge in [-0.15, -0.1) is 0 Å². The molecule has 1 aliphatic rings. The van der Waals surface area contributed by atoms with Crippen molar-refractivity contribution in [3.8, 4) is 0 Å². The first kappa shape index (κ1) is 21.6. The van der Waals surface area contributed by atoms with Crippen LogP contribution in [0.4, 0.5) is 0 Å². The van der Waals surface area contributed by atoms with Crippen LogP contribution >= 0.6 is 0 Å². The van der Waals surface area contributed by atoms with Crippen LogP contribution in [0.2, 0.25) is 0 Å². The molecule has 1 aliphatic carbocycles. The summed E-state index contributed by atoms with van der Waals surface area (Å²) in [5, 5.41) is 2.54. The number of carbonyl (C=O) groups is 1. The van der Waals surface area contributed by atoms with Crippen molar-refractivity contribution >= 4 is 16.7 Å². The summed E-state index contributed by atoms with van der Waals surface area (Å²) < 4.78 is 6.18. The molecule has 0 heterocycles. The summed E-state index contributed by atoms with van der Waals surface area (Å²) >= 11 is 0. The summed E-state index contributed by atoms with van der Waals surface area (Å²) in [5.74, 6) is 0.548. The molecular weight excluding hydrogens is 380 g/mol. The maximum Gasteiger partial charge on any atom is 0.313 e. The van der Waals surface area contributed by atoms with Gasteiger partial charge in [-0.1, -0.05) is 87.0 Å². The van der Waals surface area contributed by atoms with Crippen molar-refractivity contribution in [3.63, 3.8) is 0 Å². The van der Waals surface area contributed by atoms with Gasteiger partial charge in [0.15, 0.2) is 0 Å². The van der Waals surface area contributed by atoms with Gasteiger partial charge in [0, 0.05) is 5.92 Å². The number of benzene rings is 3. The third-order valence-electron chi connectivity index (χ3n) is 6.67. The second kappa shape index (κ2) is 9.68. The quantitative estimate of drug-likeness (QED) is 0.392. The van der Waals surface area contributed by atoms with Crippen molar-refractivity contribution in [3.05, 3.63) is 83.4 Å². The standard InChI is InChI=1S/C29H34O2/c1-20(2)19-22-15-17-23(18-16-22)21(3)29(30)31-28-14-7-6-12-27(28)26-13-8-10-24-9-4-5-11-25(24)26/h4-5,8-11,13,15-18,20-21,27-28H,6-7,12,14,19H2,1-3H3/t21-,27-,28+/m0/s1. The minimum absolute atomic E-state index is 0.0466. The fourth-order valence-corrected chi connectivity index (χ4v) is 4.97. The summed E-state index contributed by atoms with van der Waals surface area (Å²) in [5.41, 5.74) is 3.68. The fraction of sp³-hybridized carbons (Fsp3) is 0.414. The zero-order valence-electron chi connectivity index (χ0n) is 19.0. The number of carbonyl (C=O) groups excluding carboxylic acids is 1. The Balaban J connectivity index is 1.50. The second-order valence-electron chi connectivity index (χ2n) is 9.50. The highest BCUT2D eigenvalue weighted by Gasteiger charge is 2.32. The monoisotopic (exact) mass is 414 g/mol. The first-order valence-corrected chi connectivity index (χ1v) is 11.8. The average Bonchev–Trinajstić information content (AvgIpc) is 2.79. The highest BCUT2D eigenvalue weighted by atomic mass is 16.5. The highest BCUT2D eigenvalue weighted by Crippen LogP contribution is 2.39. The lowest BCUT2D eigenvalue weighted by molar-refractivity contribution is -0.153. The summed E-state index contributed by atoms with van der Waals surface area (Å²) in [7, 11) is 0. The van der Waals surface area contributed by atoms with Crippen LogP contribution in [0.25, 0.3) is 10.8 Å². The molecule has 162 valence electrons. The van der Waals surface area contributed by atoms with Crippen molar-refractivity contribution in [2.45, 2.75) is 70.8 Å². The number of ether oxygens (including phenoxy) is 1. The fourth-order valence-electron chi connectivity index (χ4n) is 4.97. The van der Waals surface area contributed by atoms with Crippen LogP contribution in [0.15, 0.2) is 66.7 Å². The molecule has 1 saturated carbocycles. The first-order valence-electron chi connectivity index (χ1n) is 11.8. The van der Waals surface area contributed by atoms with Gasteiger partial charge >= 0.3 is 5.97 Å². The normalized spacial score (nSPS) is 20.0. The molecule has 0 unspecified atom stereocenters. The number of esters is 1. The number of hydrogen-bond donors (Lipinski definition) is 0. The highest BCUT2D eigenvalue weighted by molar-refractivity contribution is 5.86. The van der Waals surface area contributed by atoms with Crippen molar-refractivity contribution in [2.24, 2.45) is 5.92 Å². The lowest BCUT2D eigenvalue weighted by Gasteiger charge is -2.33. The predicted molar refractivity (Wildman–Crippen MR) is 128 cm³/mol. The Morgan fingerprint density at radius 1 is 0.903 bits per heavy atom. The lowest BCUT2D eigenvalue weighted by Crippen LogP contribution is -2.30. The summed E-state index contributed by atoms with van der Waals surface area (Å²) in [6.07, 6.45) is 5.35. The van der Waals surface area contributed by atoms with Gasteiger partial charge in [0.2, 0.25) is 0 Å². The third kappa shape index (κ3) is 5.01. The van der Waals surface area contributed by atoms with Crippen molar-refractivity contribution in [1.29, 1.82) is 0 Å². The van der Waals surface area contributed by atoms with Gasteiger partial charge < -0.3 is 4.74 Å². The number of fused-ring (bicyclic) bond motifs is 1. The molecule has 0 radical (unpaired) electrons. The van der Waals surface area contributed by atoms with Crippen LogP contribution in [0.1, 0.15) is 75.0 Å². The van der Waals surface area contributed by atoms with E-state index in [2.05, 4.69) is 80.6 Å². The molecule has 0 amide bonds. The van der Waals surface area contributed by atoms with Gasteiger partial charge in [0.05, 0.1) is 5.92 Å². The van der Waals surface area contributed by atoms with E-state index in [4.69, 9.17) is 4.74 Å². The Morgan fingerprint density at radius 2 is 1.61 bits per heavy atom. The first-order chi connectivity index (χ1) is 15.0. The summed E-state index contributed by atoms with van der Waals surface area (Å²) in [4.78, 5) is 13.1. The van der Waals surface area contributed by atoms with Crippen LogP contribution in [0.3, 0.4) is 0 Å². The van der Waals surface area contributed by atoms with Gasteiger partial charge in [-0.25, -0.2) is 0 Å². The van der Waals surface area contributed by atoms with E-state index < -0.39 is 0 Å². The molecule has 3 aromatic carbocycles. The third-order valence-corrected chi connectivity index (χ3v) is 6.67. The maximum absolute atomic E-state index is 13.1. The van der Waals surface area contributed by atoms with Gasteiger partial charge in [-0.2, -0.15) is 0 Å². The van der Waals surface area contributed by atoms with Crippen LogP contribution < -0.4 is 0 Å². The van der Waals surface area contributed by atoms with Crippen molar-refractivity contribution in [1.82, 2.24) is 0 Å². The maximum atomic E-state index is 13.1. The molecular formula is C29H34O2. The molecule has 0 N–H and O–H groups in total. The average molecular weight is 415 g/mol. The number of hydrogen-bond acceptors (Lipinski definition) is 2. The zero-order chi connectivity index (χ0) is 21.8. The second-order valence-corrected chi connectivity index (χ2v) is 9.50. The lowest BCUT2D eigenvalue weighted by atomic mass is 9.79. The molecule has 2 nitrogen and oxygen atoms in total. The summed E-state index contributed by atoms with van der Waals surface area (Å²) in [6.45, 7) is 6.42. The minimum atomic E-state index is -0.247. The van der Waals surface area contributed by atoms with Gasteiger partial charge in [0.1, 0.15) is 6.10 Å². The number of rotatable bonds is 6. The van der Waals surface area contributed by atoms with Gasteiger partial charge in [0.25, 0.3) is 0 Å². The molecule has 1 fully saturated rings. The van der Waals surface area contributed by atoms with E-state index in [1.54, 1.807) is 0 Å². The van der Waals surface area contributed by atoms with Crippen molar-refractivity contribution < 1.29 is 9.53 Å². The molecule has 3 atom stereocenters. The largest absolute Gasteiger partial charge is 0.461 e. The molecule has 0 spiro atoms. The van der Waals surface area contributed by atoms with Crippen molar-refractivity contribution in [2.75, 3.05) is 0 Å². The SMILES string of the molecule is CC(C)Cc1ccc([C@H](C)C(=O)O[C@@H]2CCCC[C@H]2c2cccc3ccccc23)cc1. The minimum Gasteiger partial charge on any atom is -0.461 e. The summed E-state index contributed by atoms with van der Waals surface area (Å²) in [6, 6.07) is 23.5. The van der Waals surface area contributed by atoms with E-state index in [1.807, 2.05) is 6.92 Å². The molecule has 3 aromatic rings. The topological polar surface area (TPSA) is 26.3 Å². The Labute approximate surface area is 186 Å². The molecule has 31 heavy (non-hydrogen) atoms. The van der Waals surface area contributed by atoms with Crippen LogP contribution in [0.5, 0.6) is 0 Å². The zero-order valence-corrected chi connectivity index (χ0v) is 19.0. The van der Waals surface area contributed by atoms with Crippen LogP contribution in [-0.4, -0.2) is 12.1 Å². The van der Waals surface area contributed by atoms with E-state index in [0.29, 0.717) is 5.92 Å². The van der Waals surface area contributed by atoms with Crippen LogP contribution in [0, 0.1) is 5.92 Å². The predicted octanol–water partition coefficient (Wildman–Crippen LogP) is 7.41. The molecule has 4 rings (SSSR count). The smallest absolute Gasteiger partial charge is 0.313 e. The molecule has 0 aromatic heterocycles. The van der Waals surface area contributed by atoms with E-state index in [-0.39, 0.29) is 23.9 Å². The van der Waals surface area contributed by atoms with Crippen LogP contribution in [-0.2, 0) is 16.0 Å². The molecule has 0 saturated heterocycles. The van der Waals surface area contributed by atoms with E-state index in [1.165, 1.54) is 28.3 Å². The molecule has 0 bridgehead atoms. The molecule has 0 aliphatic heterocycles. The van der Waals surface area contributed by atoms with E-state index in [0.717, 1.165) is 31.2 Å². The molecule has 2 heteroatoms. The Kier molecular flexibility index (Phi) is 6.75.